The fourth-order valence-electron chi connectivity index (χ4n) is 9.74. The first-order valence-electron chi connectivity index (χ1n) is 30.0. The minimum absolute atomic E-state index is 0.798. The van der Waals surface area contributed by atoms with Crippen LogP contribution in [0.5, 0.6) is 0 Å². The van der Waals surface area contributed by atoms with Gasteiger partial charge in [-0.1, -0.05) is 253 Å². The van der Waals surface area contributed by atoms with Crippen LogP contribution in [0.2, 0.25) is 0 Å². The summed E-state index contributed by atoms with van der Waals surface area (Å²) >= 11 is 2.33. The van der Waals surface area contributed by atoms with Crippen LogP contribution in [0.4, 0.5) is 51.2 Å². The average Bonchev–Trinajstić information content (AvgIpc) is 2.67. The average molecular weight is 1270 g/mol. The predicted octanol–water partition coefficient (Wildman–Crippen LogP) is 23.8. The predicted molar refractivity (Wildman–Crippen MR) is 396 cm³/mol. The van der Waals surface area contributed by atoms with E-state index < -0.39 is 0 Å². The van der Waals surface area contributed by atoms with Gasteiger partial charge in [0.2, 0.25) is 0 Å². The summed E-state index contributed by atoms with van der Waals surface area (Å²) in [7, 11) is 0. The third-order valence-corrected chi connectivity index (χ3v) is 15.6. The van der Waals surface area contributed by atoms with Gasteiger partial charge in [-0.15, -0.1) is 0 Å². The van der Waals surface area contributed by atoms with Crippen molar-refractivity contribution in [3.8, 4) is 0 Å². The molecule has 0 fully saturated rings. The van der Waals surface area contributed by atoms with Crippen LogP contribution in [0, 0.1) is 31.3 Å². The molecule has 0 radical (unpaired) electrons. The molecule has 3 N–H and O–H groups in total. The minimum atomic E-state index is 0.798. The van der Waals surface area contributed by atoms with Gasteiger partial charge in [-0.3, -0.25) is 0 Å². The molecule has 5 heteroatoms. The molecule has 0 saturated heterocycles. The number of benzene rings is 12. The van der Waals surface area contributed by atoms with E-state index in [1.807, 2.05) is 48.5 Å². The summed E-state index contributed by atoms with van der Waals surface area (Å²) in [6.07, 6.45) is 17.1. The molecule has 89 heavy (non-hydrogen) atoms. The van der Waals surface area contributed by atoms with Crippen molar-refractivity contribution in [2.75, 3.05) is 20.9 Å². The van der Waals surface area contributed by atoms with Crippen LogP contribution in [-0.2, 0) is 0 Å². The van der Waals surface area contributed by atoms with Crippen LogP contribution in [0.15, 0.2) is 303 Å². The van der Waals surface area contributed by atoms with E-state index in [1.165, 1.54) is 53.6 Å². The van der Waals surface area contributed by atoms with E-state index in [0.29, 0.717) is 0 Å². The Hall–Kier alpha value is -10.5. The van der Waals surface area contributed by atoms with E-state index in [-0.39, 0.29) is 0 Å². The first-order valence-corrected chi connectivity index (χ1v) is 31.1. The molecule has 0 unspecified atom stereocenters. The van der Waals surface area contributed by atoms with Gasteiger partial charge in [-0.05, 0) is 216 Å². The second-order valence-electron chi connectivity index (χ2n) is 21.9. The van der Waals surface area contributed by atoms with Crippen molar-refractivity contribution in [1.29, 1.82) is 0 Å². The summed E-state index contributed by atoms with van der Waals surface area (Å²) in [5, 5.41) is 3.50. The van der Waals surface area contributed by atoms with Gasteiger partial charge < -0.3 is 20.9 Å². The summed E-state index contributed by atoms with van der Waals surface area (Å²) in [4.78, 5) is 4.60. The standard InChI is InChI=1S/C42H36N2.C28H24IN.C14H13N/c1-32-8-26-40(27-9-32)44(41-28-10-33(2)11-29-41)42-30-20-37(21-31-42)15-14-36-18-24-39(25-19-36)43-38-22-16-35(17-23-38)13-12-34-6-4-3-5-7-34;1-21-3-15-26(16-4-21)30(27-17-5-22(2)6-18-27)28-19-11-24(12-20-28)8-7-23-9-13-25(29)14-10-23;15-14-10-8-13(9-11-14)7-6-12-4-2-1-3-5-12/h3-31,43H,1-2H3;3-20H,1-2H3;1-11H,15H2. The Morgan fingerprint density at radius 3 is 0.708 bits per heavy atom. The number of nitrogens with zero attached hydrogens (tertiary/aromatic N) is 2. The minimum Gasteiger partial charge on any atom is -0.399 e. The number of nitrogen functional groups attached to an aromatic ring is 1. The number of anilines is 9. The summed E-state index contributed by atoms with van der Waals surface area (Å²) in [5.74, 6) is 0. The Kier molecular flexibility index (Phi) is 21.6. The van der Waals surface area contributed by atoms with E-state index in [9.17, 15) is 0 Å². The van der Waals surface area contributed by atoms with Crippen molar-refractivity contribution in [2.24, 2.45) is 0 Å². The molecule has 0 heterocycles. The van der Waals surface area contributed by atoms with Crippen LogP contribution in [0.25, 0.3) is 48.6 Å². The first-order chi connectivity index (χ1) is 43.5. The highest BCUT2D eigenvalue weighted by Gasteiger charge is 2.14. The first kappa shape index (κ1) is 61.6. The number of rotatable bonds is 16. The van der Waals surface area contributed by atoms with Gasteiger partial charge in [0, 0.05) is 54.8 Å². The van der Waals surface area contributed by atoms with Gasteiger partial charge >= 0.3 is 0 Å². The van der Waals surface area contributed by atoms with E-state index in [2.05, 4.69) is 369 Å². The second kappa shape index (κ2) is 31.3. The number of nitrogens with one attached hydrogen (secondary N) is 1. The zero-order chi connectivity index (χ0) is 61.6. The molecular weight excluding hydrogens is 1190 g/mol. The van der Waals surface area contributed by atoms with Crippen molar-refractivity contribution in [3.05, 3.63) is 374 Å². The summed E-state index contributed by atoms with van der Waals surface area (Å²) < 4.78 is 1.25. The Bertz CT molecular complexity index is 4120. The lowest BCUT2D eigenvalue weighted by Crippen LogP contribution is -2.09. The molecule has 0 aliphatic heterocycles. The van der Waals surface area contributed by atoms with E-state index in [4.69, 9.17) is 5.73 Å². The molecule has 0 aliphatic carbocycles. The number of hydrogen-bond donors (Lipinski definition) is 2. The lowest BCUT2D eigenvalue weighted by molar-refractivity contribution is 1.27. The van der Waals surface area contributed by atoms with Crippen molar-refractivity contribution in [2.45, 2.75) is 27.7 Å². The summed E-state index contributed by atoms with van der Waals surface area (Å²) in [5.41, 5.74) is 29.9. The molecule has 0 spiro atoms. The highest BCUT2D eigenvalue weighted by Crippen LogP contribution is 2.37. The summed E-state index contributed by atoms with van der Waals surface area (Å²) in [6, 6.07) is 106. The second-order valence-corrected chi connectivity index (χ2v) is 23.2. The molecule has 4 nitrogen and oxygen atoms in total. The van der Waals surface area contributed by atoms with Gasteiger partial charge in [0.05, 0.1) is 0 Å². The largest absolute Gasteiger partial charge is 0.399 e. The Labute approximate surface area is 540 Å². The fourth-order valence-corrected chi connectivity index (χ4v) is 10.1. The van der Waals surface area contributed by atoms with Crippen molar-refractivity contribution < 1.29 is 0 Å². The van der Waals surface area contributed by atoms with Crippen LogP contribution in [0.1, 0.15) is 66.8 Å². The number of hydrogen-bond acceptors (Lipinski definition) is 4. The smallest absolute Gasteiger partial charge is 0.0462 e. The molecule has 436 valence electrons. The maximum atomic E-state index is 5.61. The molecule has 0 amide bonds. The third kappa shape index (κ3) is 18.8. The lowest BCUT2D eigenvalue weighted by Gasteiger charge is -2.25. The molecule has 0 saturated carbocycles. The zero-order valence-electron chi connectivity index (χ0n) is 50.8. The molecule has 0 atom stereocenters. The maximum absolute atomic E-state index is 5.61. The van der Waals surface area contributed by atoms with Crippen LogP contribution in [-0.4, -0.2) is 0 Å². The van der Waals surface area contributed by atoms with Crippen LogP contribution < -0.4 is 20.9 Å². The van der Waals surface area contributed by atoms with Crippen LogP contribution in [0.3, 0.4) is 0 Å². The highest BCUT2D eigenvalue weighted by molar-refractivity contribution is 14.1. The molecule has 0 aromatic heterocycles. The fraction of sp³-hybridized carbons (Fsp3) is 0.0476. The highest BCUT2D eigenvalue weighted by atomic mass is 127. The van der Waals surface area contributed by atoms with Gasteiger partial charge in [0.25, 0.3) is 0 Å². The van der Waals surface area contributed by atoms with Gasteiger partial charge in [-0.2, -0.15) is 0 Å². The Balaban J connectivity index is 0.000000166. The molecule has 0 aliphatic rings. The maximum Gasteiger partial charge on any atom is 0.0462 e. The van der Waals surface area contributed by atoms with E-state index in [0.717, 1.165) is 67.9 Å². The van der Waals surface area contributed by atoms with E-state index >= 15 is 0 Å². The summed E-state index contributed by atoms with van der Waals surface area (Å²) in [6.45, 7) is 8.48. The molecule has 12 rings (SSSR count). The Morgan fingerprint density at radius 2 is 0.449 bits per heavy atom. The van der Waals surface area contributed by atoms with Gasteiger partial charge in [0.15, 0.2) is 0 Å². The monoisotopic (exact) mass is 1260 g/mol. The number of aryl methyl sites for hydroxylation is 4. The third-order valence-electron chi connectivity index (χ3n) is 14.9. The number of nitrogens with two attached hydrogens (primary N) is 1. The Morgan fingerprint density at radius 1 is 0.247 bits per heavy atom. The molecule has 12 aromatic carbocycles. The van der Waals surface area contributed by atoms with Gasteiger partial charge in [0.1, 0.15) is 0 Å². The quantitative estimate of drug-likeness (QED) is 0.0575. The topological polar surface area (TPSA) is 44.5 Å². The van der Waals surface area contributed by atoms with Crippen molar-refractivity contribution in [3.63, 3.8) is 0 Å². The number of halogens is 1. The van der Waals surface area contributed by atoms with Crippen LogP contribution >= 0.6 is 22.6 Å². The molecule has 12 aromatic rings. The van der Waals surface area contributed by atoms with Crippen molar-refractivity contribution >= 4 is 122 Å². The van der Waals surface area contributed by atoms with E-state index in [1.54, 1.807) is 0 Å². The SMILES string of the molecule is Cc1ccc(N(c2ccc(C)cc2)c2ccc(C=Cc3ccc(I)cc3)cc2)cc1.Cc1ccc(N(c2ccc(C)cc2)c2ccc(C=Cc3ccc(Nc4ccc(C=Cc5ccccc5)cc4)cc3)cc2)cc1.Nc1ccc(C=Cc2ccccc2)cc1. The van der Waals surface area contributed by atoms with Crippen molar-refractivity contribution in [1.82, 2.24) is 0 Å². The zero-order valence-corrected chi connectivity index (χ0v) is 53.0. The molecular formula is C84H73IN4. The molecule has 0 bridgehead atoms. The lowest BCUT2D eigenvalue weighted by atomic mass is 10.1. The van der Waals surface area contributed by atoms with Gasteiger partial charge in [-0.25, -0.2) is 0 Å². The normalized spacial score (nSPS) is 11.1.